The van der Waals surface area contributed by atoms with E-state index in [1.165, 1.54) is 13.2 Å². The fourth-order valence-corrected chi connectivity index (χ4v) is 2.90. The number of ether oxygens (including phenoxy) is 3. The lowest BCUT2D eigenvalue weighted by Crippen LogP contribution is -2.33. The van der Waals surface area contributed by atoms with E-state index < -0.39 is 0 Å². The third kappa shape index (κ3) is 6.37. The number of rotatable bonds is 7. The Balaban J connectivity index is 1.66. The molecule has 0 aromatic heterocycles. The van der Waals surface area contributed by atoms with Crippen molar-refractivity contribution in [3.8, 4) is 11.5 Å². The second-order valence-corrected chi connectivity index (χ2v) is 6.66. The first-order chi connectivity index (χ1) is 14.7. The number of nitrogens with one attached hydrogen (secondary N) is 2. The van der Waals surface area contributed by atoms with E-state index in [9.17, 15) is 9.18 Å². The zero-order valence-corrected chi connectivity index (χ0v) is 16.9. The average Bonchev–Trinajstić information content (AvgIpc) is 2.99. The fourth-order valence-electron chi connectivity index (χ4n) is 2.90. The first kappa shape index (κ1) is 21.4. The largest absolute Gasteiger partial charge is 0.490 e. The molecule has 0 bridgehead atoms. The number of aliphatic imine (C=N–C) groups is 1. The van der Waals surface area contributed by atoms with E-state index in [0.717, 1.165) is 12.1 Å². The van der Waals surface area contributed by atoms with Crippen molar-refractivity contribution in [2.45, 2.75) is 19.3 Å². The number of hydrogen-bond acceptors (Lipinski definition) is 5. The fraction of sp³-hybridized carbons (Fsp3) is 0.364. The first-order valence-electron chi connectivity index (χ1n) is 9.91. The number of fused-ring (bicyclic) bond motifs is 1. The molecular weight excluding hydrogens is 389 g/mol. The van der Waals surface area contributed by atoms with Crippen molar-refractivity contribution in [3.63, 3.8) is 0 Å². The van der Waals surface area contributed by atoms with Crippen molar-refractivity contribution in [2.75, 3.05) is 38.7 Å². The molecule has 0 atom stereocenters. The van der Waals surface area contributed by atoms with Gasteiger partial charge in [0.25, 0.3) is 0 Å². The summed E-state index contributed by atoms with van der Waals surface area (Å²) in [7, 11) is 1.34. The molecule has 2 aromatic carbocycles. The summed E-state index contributed by atoms with van der Waals surface area (Å²) >= 11 is 0. The molecule has 0 aliphatic carbocycles. The number of hydrogen-bond donors (Lipinski definition) is 2. The number of methoxy groups -OCH3 is 1. The summed E-state index contributed by atoms with van der Waals surface area (Å²) < 4.78 is 29.9. The van der Waals surface area contributed by atoms with Gasteiger partial charge in [-0.3, -0.25) is 9.79 Å². The summed E-state index contributed by atoms with van der Waals surface area (Å²) in [4.78, 5) is 15.8. The van der Waals surface area contributed by atoms with Gasteiger partial charge in [-0.2, -0.15) is 0 Å². The molecule has 1 heterocycles. The zero-order chi connectivity index (χ0) is 21.2. The number of halogens is 1. The normalized spacial score (nSPS) is 13.3. The van der Waals surface area contributed by atoms with Crippen molar-refractivity contribution in [1.82, 2.24) is 5.32 Å². The molecule has 0 unspecified atom stereocenters. The Hall–Kier alpha value is -3.29. The van der Waals surface area contributed by atoms with Crippen molar-refractivity contribution < 1.29 is 23.4 Å². The summed E-state index contributed by atoms with van der Waals surface area (Å²) in [5, 5.41) is 6.38. The van der Waals surface area contributed by atoms with Crippen LogP contribution in [0.2, 0.25) is 0 Å². The highest BCUT2D eigenvalue weighted by Gasteiger charge is 2.12. The average molecular weight is 415 g/mol. The van der Waals surface area contributed by atoms with Crippen LogP contribution in [0, 0.1) is 5.82 Å². The van der Waals surface area contributed by atoms with Gasteiger partial charge in [-0.05, 0) is 30.2 Å². The van der Waals surface area contributed by atoms with Gasteiger partial charge in [0.1, 0.15) is 5.82 Å². The molecule has 2 N–H and O–H groups in total. The maximum Gasteiger partial charge on any atom is 0.307 e. The highest BCUT2D eigenvalue weighted by atomic mass is 19.1. The highest BCUT2D eigenvalue weighted by molar-refractivity contribution is 5.94. The Kier molecular flexibility index (Phi) is 7.88. The van der Waals surface area contributed by atoms with E-state index in [-0.39, 0.29) is 24.8 Å². The van der Waals surface area contributed by atoms with Gasteiger partial charge < -0.3 is 24.8 Å². The van der Waals surface area contributed by atoms with E-state index in [2.05, 4.69) is 20.4 Å². The lowest BCUT2D eigenvalue weighted by Gasteiger charge is -2.15. The number of carbonyl (C=O) groups is 1. The summed E-state index contributed by atoms with van der Waals surface area (Å²) in [6.07, 6.45) is 1.48. The van der Waals surface area contributed by atoms with Crippen LogP contribution in [-0.2, 0) is 16.0 Å². The molecule has 30 heavy (non-hydrogen) atoms. The van der Waals surface area contributed by atoms with Gasteiger partial charge >= 0.3 is 5.97 Å². The Morgan fingerprint density at radius 3 is 2.77 bits per heavy atom. The topological polar surface area (TPSA) is 81.2 Å². The van der Waals surface area contributed by atoms with E-state index >= 15 is 0 Å². The van der Waals surface area contributed by atoms with Crippen LogP contribution in [0.15, 0.2) is 47.5 Å². The van der Waals surface area contributed by atoms with Gasteiger partial charge in [0.2, 0.25) is 0 Å². The van der Waals surface area contributed by atoms with E-state index in [1.807, 2.05) is 18.2 Å². The summed E-state index contributed by atoms with van der Waals surface area (Å²) in [6, 6.07) is 12.2. The maximum absolute atomic E-state index is 13.8. The molecule has 0 spiro atoms. The first-order valence-corrected chi connectivity index (χ1v) is 9.91. The predicted octanol–water partition coefficient (Wildman–Crippen LogP) is 3.15. The van der Waals surface area contributed by atoms with Crippen LogP contribution < -0.4 is 20.1 Å². The van der Waals surface area contributed by atoms with Crippen molar-refractivity contribution in [2.24, 2.45) is 4.99 Å². The molecule has 0 radical (unpaired) electrons. The van der Waals surface area contributed by atoms with Crippen LogP contribution in [0.1, 0.15) is 18.4 Å². The van der Waals surface area contributed by atoms with Crippen LogP contribution in [0.4, 0.5) is 10.1 Å². The quantitative estimate of drug-likeness (QED) is 0.411. The van der Waals surface area contributed by atoms with Gasteiger partial charge in [0, 0.05) is 24.7 Å². The van der Waals surface area contributed by atoms with Crippen molar-refractivity contribution >= 4 is 17.6 Å². The lowest BCUT2D eigenvalue weighted by molar-refractivity contribution is -0.140. The van der Waals surface area contributed by atoms with Crippen molar-refractivity contribution in [3.05, 3.63) is 53.8 Å². The number of guanidine groups is 1. The predicted molar refractivity (Wildman–Crippen MR) is 113 cm³/mol. The molecule has 0 saturated carbocycles. The van der Waals surface area contributed by atoms with Gasteiger partial charge in [0.15, 0.2) is 17.5 Å². The third-order valence-electron chi connectivity index (χ3n) is 4.47. The van der Waals surface area contributed by atoms with E-state index in [0.29, 0.717) is 49.2 Å². The minimum atomic E-state index is -0.333. The Bertz CT molecular complexity index is 888. The lowest BCUT2D eigenvalue weighted by atomic mass is 10.1. The van der Waals surface area contributed by atoms with E-state index in [4.69, 9.17) is 9.47 Å². The zero-order valence-electron chi connectivity index (χ0n) is 16.9. The molecule has 3 rings (SSSR count). The number of esters is 1. The Morgan fingerprint density at radius 2 is 1.97 bits per heavy atom. The van der Waals surface area contributed by atoms with Crippen LogP contribution in [0.25, 0.3) is 0 Å². The minimum Gasteiger partial charge on any atom is -0.490 e. The molecule has 1 aliphatic rings. The standard InChI is InChI=1S/C22H26FN3O4/c1-28-21(27)10-12-25-22(24-11-9-16-5-2-3-6-18(16)23)26-17-7-8-19-20(15-17)30-14-4-13-29-19/h2-3,5-8,15H,4,9-14H2,1H3,(H2,24,25,26). The van der Waals surface area contributed by atoms with E-state index in [1.54, 1.807) is 18.2 Å². The van der Waals surface area contributed by atoms with Crippen LogP contribution in [0.3, 0.4) is 0 Å². The number of carbonyl (C=O) groups excluding carboxylic acids is 1. The van der Waals surface area contributed by atoms with Crippen LogP contribution in [0.5, 0.6) is 11.5 Å². The van der Waals surface area contributed by atoms with Gasteiger partial charge in [-0.25, -0.2) is 4.39 Å². The number of anilines is 1. The molecule has 2 aromatic rings. The molecule has 8 heteroatoms. The molecule has 0 fully saturated rings. The smallest absolute Gasteiger partial charge is 0.307 e. The van der Waals surface area contributed by atoms with Crippen LogP contribution in [-0.4, -0.2) is 45.3 Å². The summed E-state index contributed by atoms with van der Waals surface area (Å²) in [5.74, 6) is 1.27. The Labute approximate surface area is 175 Å². The second-order valence-electron chi connectivity index (χ2n) is 6.66. The highest BCUT2D eigenvalue weighted by Crippen LogP contribution is 2.32. The molecule has 1 aliphatic heterocycles. The second kappa shape index (κ2) is 11.0. The van der Waals surface area contributed by atoms with Gasteiger partial charge in [-0.15, -0.1) is 0 Å². The monoisotopic (exact) mass is 415 g/mol. The minimum absolute atomic E-state index is 0.164. The summed E-state index contributed by atoms with van der Waals surface area (Å²) in [5.41, 5.74) is 1.38. The number of benzene rings is 2. The maximum atomic E-state index is 13.8. The van der Waals surface area contributed by atoms with Crippen molar-refractivity contribution in [1.29, 1.82) is 0 Å². The molecule has 160 valence electrons. The molecular formula is C22H26FN3O4. The van der Waals surface area contributed by atoms with Crippen LogP contribution >= 0.6 is 0 Å². The summed E-state index contributed by atoms with van der Waals surface area (Å²) in [6.45, 7) is 1.94. The van der Waals surface area contributed by atoms with Gasteiger partial charge in [-0.1, -0.05) is 18.2 Å². The molecule has 7 nitrogen and oxygen atoms in total. The molecule has 0 amide bonds. The van der Waals surface area contributed by atoms with Gasteiger partial charge in [0.05, 0.1) is 33.3 Å². The SMILES string of the molecule is COC(=O)CCN=C(NCCc1ccccc1F)Nc1ccc2c(c1)OCCCO2. The third-order valence-corrected chi connectivity index (χ3v) is 4.47. The Morgan fingerprint density at radius 1 is 1.17 bits per heavy atom. The number of nitrogens with zero attached hydrogens (tertiary/aromatic N) is 1. The molecule has 0 saturated heterocycles.